The van der Waals surface area contributed by atoms with Crippen molar-refractivity contribution >= 4 is 22.8 Å². The van der Waals surface area contributed by atoms with E-state index in [0.717, 1.165) is 22.2 Å². The zero-order valence-electron chi connectivity index (χ0n) is 14.9. The summed E-state index contributed by atoms with van der Waals surface area (Å²) in [7, 11) is 0. The van der Waals surface area contributed by atoms with Gasteiger partial charge in [0.15, 0.2) is 0 Å². The molecule has 0 saturated heterocycles. The van der Waals surface area contributed by atoms with Gasteiger partial charge in [-0.3, -0.25) is 0 Å². The normalized spacial score (nSPS) is 17.0. The van der Waals surface area contributed by atoms with E-state index in [9.17, 15) is 4.79 Å². The molecule has 6 rings (SSSR count). The van der Waals surface area contributed by atoms with E-state index in [1.165, 1.54) is 5.57 Å². The average Bonchev–Trinajstić information content (AvgIpc) is 3.14. The molecular weight excluding hydrogens is 348 g/mol. The zero-order chi connectivity index (χ0) is 18.7. The van der Waals surface area contributed by atoms with Crippen LogP contribution in [0.1, 0.15) is 11.7 Å². The fraction of sp³-hybridized carbons (Fsp3) is 0.0435. The summed E-state index contributed by atoms with van der Waals surface area (Å²) in [5.74, 6) is 1.04. The van der Waals surface area contributed by atoms with Crippen molar-refractivity contribution in [2.45, 2.75) is 6.04 Å². The monoisotopic (exact) mass is 363 g/mol. The first kappa shape index (κ1) is 15.2. The number of fused-ring (bicyclic) bond motifs is 8. The SMILES string of the molecule is O=c1nc(-c2ccccc2)nc2n1c1ccccc1c1[n+]2C2C=CC=CC2=C1. The van der Waals surface area contributed by atoms with Gasteiger partial charge in [-0.05, 0) is 47.0 Å². The van der Waals surface area contributed by atoms with E-state index in [1.807, 2.05) is 66.7 Å². The van der Waals surface area contributed by atoms with Crippen LogP contribution >= 0.6 is 0 Å². The minimum Gasteiger partial charge on any atom is -0.226 e. The van der Waals surface area contributed by atoms with Gasteiger partial charge < -0.3 is 0 Å². The molecular formula is C23H15N4O+. The van der Waals surface area contributed by atoms with Gasteiger partial charge in [0.1, 0.15) is 17.3 Å². The molecule has 0 fully saturated rings. The molecule has 0 bridgehead atoms. The first-order valence-electron chi connectivity index (χ1n) is 9.20. The summed E-state index contributed by atoms with van der Waals surface area (Å²) in [5.41, 5.74) is 3.57. The second kappa shape index (κ2) is 5.57. The molecule has 2 aromatic carbocycles. The summed E-state index contributed by atoms with van der Waals surface area (Å²) in [6.07, 6.45) is 10.5. The van der Waals surface area contributed by atoms with E-state index < -0.39 is 0 Å². The van der Waals surface area contributed by atoms with Gasteiger partial charge in [0.25, 0.3) is 0 Å². The summed E-state index contributed by atoms with van der Waals surface area (Å²) in [6, 6.07) is 17.6. The molecule has 3 heterocycles. The Morgan fingerprint density at radius 1 is 0.929 bits per heavy atom. The van der Waals surface area contributed by atoms with Crippen LogP contribution in [-0.2, 0) is 0 Å². The van der Waals surface area contributed by atoms with Crippen molar-refractivity contribution in [2.24, 2.45) is 0 Å². The Kier molecular flexibility index (Phi) is 3.03. The van der Waals surface area contributed by atoms with Gasteiger partial charge in [-0.2, -0.15) is 0 Å². The standard InChI is InChI=1S/C23H15N4O/c28-23-25-21(15-8-2-1-3-9-15)24-22-26-18-12-6-4-10-16(18)14-20(26)17-11-5-7-13-19(17)27(22)23/h1-14,18H/q+1. The number of rotatable bonds is 1. The Bertz CT molecular complexity index is 1430. The molecule has 2 aliphatic rings. The Hall–Kier alpha value is -3.86. The van der Waals surface area contributed by atoms with Crippen LogP contribution in [0.25, 0.3) is 34.1 Å². The molecule has 0 radical (unpaired) electrons. The highest BCUT2D eigenvalue weighted by molar-refractivity contribution is 5.88. The fourth-order valence-electron chi connectivity index (χ4n) is 4.10. The number of nitrogens with zero attached hydrogens (tertiary/aromatic N) is 4. The van der Waals surface area contributed by atoms with Crippen molar-refractivity contribution in [2.75, 3.05) is 0 Å². The predicted molar refractivity (Wildman–Crippen MR) is 108 cm³/mol. The van der Waals surface area contributed by atoms with Crippen molar-refractivity contribution in [3.8, 4) is 11.4 Å². The molecule has 0 N–H and O–H groups in total. The lowest BCUT2D eigenvalue weighted by Crippen LogP contribution is -2.44. The second-order valence-electron chi connectivity index (χ2n) is 6.94. The number of allylic oxidation sites excluding steroid dienone is 5. The summed E-state index contributed by atoms with van der Waals surface area (Å²) in [5, 5.41) is 1.01. The Labute approximate surface area is 160 Å². The van der Waals surface area contributed by atoms with Crippen LogP contribution in [0, 0.1) is 0 Å². The van der Waals surface area contributed by atoms with Gasteiger partial charge in [0.2, 0.25) is 5.82 Å². The molecule has 1 aliphatic carbocycles. The van der Waals surface area contributed by atoms with Crippen LogP contribution in [-0.4, -0.2) is 14.4 Å². The largest absolute Gasteiger partial charge is 0.416 e. The Balaban J connectivity index is 1.79. The van der Waals surface area contributed by atoms with E-state index >= 15 is 0 Å². The van der Waals surface area contributed by atoms with Crippen LogP contribution in [0.5, 0.6) is 0 Å². The number of hydrogen-bond donors (Lipinski definition) is 0. The smallest absolute Gasteiger partial charge is 0.226 e. The molecule has 2 aromatic heterocycles. The summed E-state index contributed by atoms with van der Waals surface area (Å²) in [4.78, 5) is 22.2. The van der Waals surface area contributed by atoms with Crippen LogP contribution in [0.2, 0.25) is 0 Å². The molecule has 0 saturated carbocycles. The highest BCUT2D eigenvalue weighted by atomic mass is 16.1. The lowest BCUT2D eigenvalue weighted by Gasteiger charge is -2.14. The molecule has 132 valence electrons. The molecule has 5 heteroatoms. The van der Waals surface area contributed by atoms with E-state index in [0.29, 0.717) is 11.6 Å². The molecule has 1 unspecified atom stereocenters. The molecule has 1 aliphatic heterocycles. The van der Waals surface area contributed by atoms with Crippen LogP contribution in [0.3, 0.4) is 0 Å². The minimum atomic E-state index is -0.320. The van der Waals surface area contributed by atoms with Crippen LogP contribution < -0.4 is 10.3 Å². The number of benzene rings is 2. The summed E-state index contributed by atoms with van der Waals surface area (Å²) >= 11 is 0. The van der Waals surface area contributed by atoms with Crippen molar-refractivity contribution in [3.63, 3.8) is 0 Å². The van der Waals surface area contributed by atoms with E-state index in [-0.39, 0.29) is 11.7 Å². The van der Waals surface area contributed by atoms with Crippen molar-refractivity contribution in [1.29, 1.82) is 0 Å². The molecule has 28 heavy (non-hydrogen) atoms. The Morgan fingerprint density at radius 2 is 1.75 bits per heavy atom. The van der Waals surface area contributed by atoms with E-state index in [4.69, 9.17) is 4.98 Å². The third-order valence-corrected chi connectivity index (χ3v) is 5.34. The van der Waals surface area contributed by atoms with Gasteiger partial charge in [0, 0.05) is 5.56 Å². The van der Waals surface area contributed by atoms with E-state index in [2.05, 4.69) is 27.8 Å². The third-order valence-electron chi connectivity index (χ3n) is 5.34. The van der Waals surface area contributed by atoms with Crippen molar-refractivity contribution in [3.05, 3.63) is 101 Å². The van der Waals surface area contributed by atoms with Gasteiger partial charge in [-0.1, -0.05) is 48.6 Å². The zero-order valence-corrected chi connectivity index (χ0v) is 14.9. The van der Waals surface area contributed by atoms with Gasteiger partial charge in [-0.15, -0.1) is 9.38 Å². The number of para-hydroxylation sites is 1. The van der Waals surface area contributed by atoms with Gasteiger partial charge in [-0.25, -0.2) is 9.36 Å². The Morgan fingerprint density at radius 3 is 2.64 bits per heavy atom. The van der Waals surface area contributed by atoms with Gasteiger partial charge in [0.05, 0.1) is 5.39 Å². The number of hydrogen-bond acceptors (Lipinski definition) is 3. The highest BCUT2D eigenvalue weighted by Crippen LogP contribution is 2.32. The third kappa shape index (κ3) is 2.01. The number of aromatic nitrogens is 4. The summed E-state index contributed by atoms with van der Waals surface area (Å²) in [6.45, 7) is 0. The predicted octanol–water partition coefficient (Wildman–Crippen LogP) is 3.26. The summed E-state index contributed by atoms with van der Waals surface area (Å²) < 4.78 is 3.75. The van der Waals surface area contributed by atoms with Crippen molar-refractivity contribution in [1.82, 2.24) is 14.4 Å². The maximum atomic E-state index is 13.1. The maximum absolute atomic E-state index is 13.1. The second-order valence-corrected chi connectivity index (χ2v) is 6.94. The first-order chi connectivity index (χ1) is 13.8. The molecule has 4 aromatic rings. The topological polar surface area (TPSA) is 51.1 Å². The quantitative estimate of drug-likeness (QED) is 0.385. The van der Waals surface area contributed by atoms with E-state index in [1.54, 1.807) is 4.40 Å². The highest BCUT2D eigenvalue weighted by Gasteiger charge is 2.33. The first-order valence-corrected chi connectivity index (χ1v) is 9.20. The minimum absolute atomic E-state index is 0.0255. The van der Waals surface area contributed by atoms with Crippen LogP contribution in [0.15, 0.2) is 89.3 Å². The van der Waals surface area contributed by atoms with Gasteiger partial charge >= 0.3 is 11.5 Å². The van der Waals surface area contributed by atoms with Crippen molar-refractivity contribution < 1.29 is 4.57 Å². The van der Waals surface area contributed by atoms with Crippen LogP contribution in [0.4, 0.5) is 0 Å². The maximum Gasteiger partial charge on any atom is 0.416 e. The molecule has 0 amide bonds. The fourth-order valence-corrected chi connectivity index (χ4v) is 4.10. The lowest BCUT2D eigenvalue weighted by atomic mass is 10.0. The molecule has 5 nitrogen and oxygen atoms in total. The lowest BCUT2D eigenvalue weighted by molar-refractivity contribution is -0.679. The average molecular weight is 363 g/mol. The molecule has 1 atom stereocenters. The molecule has 0 spiro atoms.